The van der Waals surface area contributed by atoms with Crippen LogP contribution in [0.25, 0.3) is 0 Å². The number of aliphatic hydroxyl groups excluding tert-OH is 1. The second kappa shape index (κ2) is 14.8. The van der Waals surface area contributed by atoms with Gasteiger partial charge >= 0.3 is 0 Å². The van der Waals surface area contributed by atoms with Crippen molar-refractivity contribution < 1.29 is 14.7 Å². The van der Waals surface area contributed by atoms with Gasteiger partial charge in [-0.2, -0.15) is 0 Å². The van der Waals surface area contributed by atoms with Crippen LogP contribution in [-0.4, -0.2) is 96.2 Å². The number of hydrogen-bond donors (Lipinski definition) is 3. The highest BCUT2D eigenvalue weighted by Gasteiger charge is 2.49. The third-order valence-corrected chi connectivity index (χ3v) is 12.2. The molecule has 2 saturated carbocycles. The second-order valence-corrected chi connectivity index (χ2v) is 14.4. The standard InChI is InChI=1S/C22H34N3OP.C12H20N2O2/c1-5-16-13-9-14(11-15(26)10-13)20(16)25(4)21-17-7-8-24-22(17)27-12-18(21)19(6-2)23-3;15-10-12(16)14-8-4-11(5-9-14)13-6-2-1-3-7-13/h6-8,12-16,20,22-24,26-27H,5,9-11H2,1-4H3;10-11H,1-9H2/b19-6+;/t13?,14?,15?,16?,20-,22?;/m1./s1. The molecule has 0 aromatic rings. The van der Waals surface area contributed by atoms with E-state index in [0.717, 1.165) is 47.4 Å². The van der Waals surface area contributed by atoms with Crippen LogP contribution in [-0.2, 0) is 9.59 Å². The molecular weight excluding hydrogens is 557 g/mol. The van der Waals surface area contributed by atoms with Gasteiger partial charge in [0.2, 0.25) is 6.29 Å². The number of fused-ring (bicyclic) bond motifs is 3. The molecule has 7 atom stereocenters. The summed E-state index contributed by atoms with van der Waals surface area (Å²) in [6.45, 7) is 8.37. The average molecular weight is 612 g/mol. The summed E-state index contributed by atoms with van der Waals surface area (Å²) in [6, 6.07) is 1.16. The van der Waals surface area contributed by atoms with E-state index in [0.29, 0.717) is 41.9 Å². The number of nitrogens with one attached hydrogen (secondary N) is 2. The molecule has 0 radical (unpaired) electrons. The number of aliphatic hydroxyl groups is 1. The van der Waals surface area contributed by atoms with Crippen molar-refractivity contribution in [3.63, 3.8) is 0 Å². The van der Waals surface area contributed by atoms with E-state index in [-0.39, 0.29) is 12.0 Å². The Morgan fingerprint density at radius 2 is 1.86 bits per heavy atom. The zero-order valence-electron chi connectivity index (χ0n) is 26.7. The van der Waals surface area contributed by atoms with Gasteiger partial charge in [-0.05, 0) is 101 Å². The van der Waals surface area contributed by atoms with Gasteiger partial charge < -0.3 is 30.4 Å². The van der Waals surface area contributed by atoms with Gasteiger partial charge in [-0.3, -0.25) is 9.59 Å². The number of likely N-dealkylation sites (tertiary alicyclic amines) is 2. The number of carbonyl (C=O) groups is 2. The van der Waals surface area contributed by atoms with Crippen molar-refractivity contribution >= 4 is 20.8 Å². The molecule has 8 nitrogen and oxygen atoms in total. The smallest absolute Gasteiger partial charge is 0.286 e. The monoisotopic (exact) mass is 611 g/mol. The molecule has 3 N–H and O–H groups in total. The lowest BCUT2D eigenvalue weighted by Crippen LogP contribution is -2.48. The minimum absolute atomic E-state index is 0.106. The molecule has 0 aromatic carbocycles. The molecule has 6 aliphatic rings. The average Bonchev–Trinajstić information content (AvgIpc) is 3.62. The van der Waals surface area contributed by atoms with E-state index in [2.05, 4.69) is 65.5 Å². The van der Waals surface area contributed by atoms with Crippen molar-refractivity contribution in [2.75, 3.05) is 40.3 Å². The second-order valence-electron chi connectivity index (χ2n) is 13.2. The first kappa shape index (κ1) is 32.2. The summed E-state index contributed by atoms with van der Waals surface area (Å²) < 4.78 is 0. The summed E-state index contributed by atoms with van der Waals surface area (Å²) in [5.74, 6) is 4.45. The van der Waals surface area contributed by atoms with Gasteiger partial charge in [-0.1, -0.05) is 34.4 Å². The van der Waals surface area contributed by atoms with E-state index in [4.69, 9.17) is 0 Å². The first-order valence-corrected chi connectivity index (χ1v) is 17.9. The number of amides is 1. The van der Waals surface area contributed by atoms with E-state index >= 15 is 0 Å². The quantitative estimate of drug-likeness (QED) is 0.226. The molecule has 1 amide bonds. The zero-order chi connectivity index (χ0) is 30.5. The molecule has 4 fully saturated rings. The number of nitrogens with zero attached hydrogens (tertiary/aromatic N) is 3. The van der Waals surface area contributed by atoms with Crippen LogP contribution in [0.3, 0.4) is 0 Å². The van der Waals surface area contributed by atoms with Gasteiger partial charge in [0.1, 0.15) is 0 Å². The topological polar surface area (TPSA) is 88.1 Å². The normalized spacial score (nSPS) is 33.4. The molecule has 238 valence electrons. The van der Waals surface area contributed by atoms with E-state index < -0.39 is 0 Å². The molecule has 0 spiro atoms. The number of likely N-dealkylation sites (N-methyl/N-ethyl adjacent to an activating group) is 2. The van der Waals surface area contributed by atoms with E-state index in [1.54, 1.807) is 4.90 Å². The molecule has 9 heteroatoms. The maximum absolute atomic E-state index is 11.2. The lowest BCUT2D eigenvalue weighted by atomic mass is 9.85. The summed E-state index contributed by atoms with van der Waals surface area (Å²) in [7, 11) is 5.08. The number of allylic oxidation sites excluding steroid dienone is 1. The first-order valence-electron chi connectivity index (χ1n) is 16.8. The molecule has 6 unspecified atom stereocenters. The van der Waals surface area contributed by atoms with Crippen molar-refractivity contribution in [1.29, 1.82) is 0 Å². The highest BCUT2D eigenvalue weighted by Crippen LogP contribution is 2.52. The van der Waals surface area contributed by atoms with Crippen LogP contribution >= 0.6 is 8.58 Å². The largest absolute Gasteiger partial charge is 0.393 e. The SMILES string of the molecule is C/C=C(/NC)C1=CPC2NC=CC2=C1N(C)[C@@H]1C2CC(O)CC(C2)C1CC.O=CC(=O)N1CCC(N2CCCCC2)CC1. The first-order chi connectivity index (χ1) is 20.9. The van der Waals surface area contributed by atoms with Crippen molar-refractivity contribution in [1.82, 2.24) is 25.3 Å². The van der Waals surface area contributed by atoms with Crippen molar-refractivity contribution in [3.8, 4) is 0 Å². The number of rotatable bonds is 7. The summed E-state index contributed by atoms with van der Waals surface area (Å²) in [5.41, 5.74) is 5.37. The van der Waals surface area contributed by atoms with Crippen LogP contribution in [0.1, 0.15) is 71.6 Å². The molecule has 2 bridgehead atoms. The molecule has 2 aliphatic carbocycles. The summed E-state index contributed by atoms with van der Waals surface area (Å²) in [5, 5.41) is 17.3. The Labute approximate surface area is 260 Å². The van der Waals surface area contributed by atoms with Gasteiger partial charge in [0.25, 0.3) is 5.91 Å². The van der Waals surface area contributed by atoms with Crippen molar-refractivity contribution in [2.45, 2.75) is 95.6 Å². The third-order valence-electron chi connectivity index (χ3n) is 10.9. The Morgan fingerprint density at radius 3 is 2.51 bits per heavy atom. The summed E-state index contributed by atoms with van der Waals surface area (Å²) >= 11 is 0. The highest BCUT2D eigenvalue weighted by molar-refractivity contribution is 7.43. The fourth-order valence-electron chi connectivity index (χ4n) is 8.97. The molecule has 0 aromatic heterocycles. The maximum atomic E-state index is 11.2. The predicted octanol–water partition coefficient (Wildman–Crippen LogP) is 4.16. The Kier molecular flexibility index (Phi) is 11.1. The van der Waals surface area contributed by atoms with Crippen LogP contribution in [0, 0.1) is 17.8 Å². The van der Waals surface area contributed by atoms with Crippen LogP contribution in [0.5, 0.6) is 0 Å². The molecule has 43 heavy (non-hydrogen) atoms. The maximum Gasteiger partial charge on any atom is 0.286 e. The number of carbonyl (C=O) groups excluding carboxylic acids is 2. The van der Waals surface area contributed by atoms with Crippen LogP contribution in [0.15, 0.2) is 46.7 Å². The minimum Gasteiger partial charge on any atom is -0.393 e. The van der Waals surface area contributed by atoms with E-state index in [1.807, 2.05) is 7.05 Å². The van der Waals surface area contributed by atoms with Gasteiger partial charge in [-0.15, -0.1) is 0 Å². The highest BCUT2D eigenvalue weighted by atomic mass is 31.1. The van der Waals surface area contributed by atoms with Crippen LogP contribution in [0.2, 0.25) is 0 Å². The number of piperidine rings is 2. The minimum atomic E-state index is -0.350. The fraction of sp³-hybridized carbons (Fsp3) is 0.706. The number of hydrogen-bond acceptors (Lipinski definition) is 7. The van der Waals surface area contributed by atoms with Gasteiger partial charge in [0.15, 0.2) is 0 Å². The molecule has 6 rings (SSSR count). The van der Waals surface area contributed by atoms with Gasteiger partial charge in [0, 0.05) is 56.1 Å². The Bertz CT molecular complexity index is 1120. The molecule has 4 heterocycles. The Balaban J connectivity index is 0.000000196. The van der Waals surface area contributed by atoms with Crippen LogP contribution < -0.4 is 10.6 Å². The Hall–Kier alpha value is -2.15. The lowest BCUT2D eigenvalue weighted by Gasteiger charge is -2.40. The molecule has 4 aliphatic heterocycles. The van der Waals surface area contributed by atoms with Gasteiger partial charge in [-0.25, -0.2) is 0 Å². The molecular formula is C34H54N5O3P. The van der Waals surface area contributed by atoms with Crippen LogP contribution in [0.4, 0.5) is 0 Å². The number of aldehydes is 1. The summed E-state index contributed by atoms with van der Waals surface area (Å²) in [6.07, 6.45) is 17.4. The lowest BCUT2D eigenvalue weighted by molar-refractivity contribution is -0.140. The summed E-state index contributed by atoms with van der Waals surface area (Å²) in [4.78, 5) is 28.4. The molecule has 2 saturated heterocycles. The fourth-order valence-corrected chi connectivity index (χ4v) is 10.2. The van der Waals surface area contributed by atoms with Gasteiger partial charge in [0.05, 0.1) is 17.6 Å². The van der Waals surface area contributed by atoms with Crippen molar-refractivity contribution in [3.05, 3.63) is 46.7 Å². The van der Waals surface area contributed by atoms with E-state index in [1.165, 1.54) is 67.7 Å². The predicted molar refractivity (Wildman–Crippen MR) is 176 cm³/mol. The zero-order valence-corrected chi connectivity index (χ0v) is 27.7. The third kappa shape index (κ3) is 6.92. The Morgan fingerprint density at radius 1 is 1.14 bits per heavy atom. The van der Waals surface area contributed by atoms with E-state index in [9.17, 15) is 14.7 Å². The van der Waals surface area contributed by atoms with Crippen molar-refractivity contribution in [2.24, 2.45) is 17.8 Å².